The number of rotatable bonds is 5. The molecule has 0 N–H and O–H groups in total. The zero-order valence-electron chi connectivity index (χ0n) is 19.5. The minimum absolute atomic E-state index is 0.0416. The van der Waals surface area contributed by atoms with Crippen LogP contribution >= 0.6 is 0 Å². The van der Waals surface area contributed by atoms with Crippen molar-refractivity contribution in [3.05, 3.63) is 83.1 Å². The summed E-state index contributed by atoms with van der Waals surface area (Å²) in [5.41, 5.74) is 6.41. The third kappa shape index (κ3) is 5.40. The van der Waals surface area contributed by atoms with Gasteiger partial charge in [-0.2, -0.15) is 5.10 Å². The summed E-state index contributed by atoms with van der Waals surface area (Å²) in [6, 6.07) is 16.5. The minimum atomic E-state index is -0.0416. The highest BCUT2D eigenvalue weighted by Crippen LogP contribution is 2.26. The molecule has 3 aromatic rings. The highest BCUT2D eigenvalue weighted by molar-refractivity contribution is 5.93. The van der Waals surface area contributed by atoms with Gasteiger partial charge in [0.1, 0.15) is 0 Å². The molecule has 1 saturated heterocycles. The van der Waals surface area contributed by atoms with Gasteiger partial charge in [-0.25, -0.2) is 0 Å². The molecule has 33 heavy (non-hydrogen) atoms. The molecule has 2 aromatic carbocycles. The molecule has 0 radical (unpaired) electrons. The molecule has 2 heterocycles. The second kappa shape index (κ2) is 9.86. The Morgan fingerprint density at radius 2 is 1.64 bits per heavy atom. The van der Waals surface area contributed by atoms with E-state index in [0.717, 1.165) is 16.8 Å². The number of carbonyl (C=O) groups excluding carboxylic acids is 2. The number of carbonyl (C=O) groups is 2. The summed E-state index contributed by atoms with van der Waals surface area (Å²) >= 11 is 0. The number of aromatic nitrogens is 2. The van der Waals surface area contributed by atoms with Crippen LogP contribution in [0, 0.1) is 13.8 Å². The van der Waals surface area contributed by atoms with Crippen LogP contribution in [0.4, 0.5) is 0 Å². The Morgan fingerprint density at radius 3 is 2.30 bits per heavy atom. The quantitative estimate of drug-likeness (QED) is 0.563. The summed E-state index contributed by atoms with van der Waals surface area (Å²) in [5.74, 6) is 0.0153. The van der Waals surface area contributed by atoms with Crippen LogP contribution in [0.1, 0.15) is 29.2 Å². The van der Waals surface area contributed by atoms with E-state index in [2.05, 4.69) is 44.2 Å². The maximum absolute atomic E-state index is 12.8. The van der Waals surface area contributed by atoms with E-state index in [9.17, 15) is 9.59 Å². The van der Waals surface area contributed by atoms with Crippen LogP contribution in [0.25, 0.3) is 17.3 Å². The van der Waals surface area contributed by atoms with E-state index in [1.54, 1.807) is 22.8 Å². The summed E-state index contributed by atoms with van der Waals surface area (Å²) in [5, 5.41) is 4.86. The Balaban J connectivity index is 1.58. The van der Waals surface area contributed by atoms with E-state index in [-0.39, 0.29) is 11.8 Å². The van der Waals surface area contributed by atoms with E-state index >= 15 is 0 Å². The average molecular weight is 443 g/mol. The Kier molecular flexibility index (Phi) is 6.73. The van der Waals surface area contributed by atoms with Crippen molar-refractivity contribution in [1.29, 1.82) is 0 Å². The molecule has 1 aliphatic rings. The van der Waals surface area contributed by atoms with Crippen molar-refractivity contribution < 1.29 is 9.59 Å². The zero-order valence-corrected chi connectivity index (χ0v) is 19.5. The van der Waals surface area contributed by atoms with Crippen LogP contribution in [0.3, 0.4) is 0 Å². The number of aryl methyl sites for hydroxylation is 2. The first-order valence-corrected chi connectivity index (χ1v) is 11.3. The molecule has 6 nitrogen and oxygen atoms in total. The third-order valence-corrected chi connectivity index (χ3v) is 6.20. The number of nitrogens with zero attached hydrogens (tertiary/aromatic N) is 4. The number of hydrogen-bond donors (Lipinski definition) is 0. The van der Waals surface area contributed by atoms with Gasteiger partial charge in [-0.1, -0.05) is 42.5 Å². The van der Waals surface area contributed by atoms with E-state index in [1.165, 1.54) is 16.7 Å². The number of piperazine rings is 1. The lowest BCUT2D eigenvalue weighted by atomic mass is 10.0. The summed E-state index contributed by atoms with van der Waals surface area (Å²) < 4.78 is 1.93. The predicted molar refractivity (Wildman–Crippen MR) is 131 cm³/mol. The zero-order chi connectivity index (χ0) is 23.4. The predicted octanol–water partition coefficient (Wildman–Crippen LogP) is 3.92. The van der Waals surface area contributed by atoms with Gasteiger partial charge in [0.2, 0.25) is 11.8 Å². The van der Waals surface area contributed by atoms with E-state index in [4.69, 9.17) is 5.10 Å². The molecular weight excluding hydrogens is 412 g/mol. The molecule has 0 unspecified atom stereocenters. The first-order valence-electron chi connectivity index (χ1n) is 11.3. The van der Waals surface area contributed by atoms with Crippen LogP contribution in [-0.4, -0.2) is 57.6 Å². The Labute approximate surface area is 195 Å². The maximum atomic E-state index is 12.8. The van der Waals surface area contributed by atoms with Crippen LogP contribution in [-0.2, 0) is 16.1 Å². The molecule has 0 atom stereocenters. The van der Waals surface area contributed by atoms with Crippen LogP contribution in [0.2, 0.25) is 0 Å². The van der Waals surface area contributed by atoms with Gasteiger partial charge < -0.3 is 9.80 Å². The molecule has 6 heteroatoms. The molecule has 1 aliphatic heterocycles. The van der Waals surface area contributed by atoms with E-state index < -0.39 is 0 Å². The molecule has 1 fully saturated rings. The molecule has 0 saturated carbocycles. The van der Waals surface area contributed by atoms with E-state index in [0.29, 0.717) is 32.7 Å². The molecule has 170 valence electrons. The fourth-order valence-corrected chi connectivity index (χ4v) is 4.03. The lowest BCUT2D eigenvalue weighted by Crippen LogP contribution is -2.49. The standard InChI is InChI=1S/C27H30N4O2/c1-20-9-10-24(17-21(20)2)27-25(19-31(28-27)18-23-7-5-4-6-8-23)11-12-26(33)30-15-13-29(14-16-30)22(3)32/h4-12,17,19H,13-16,18H2,1-3H3/b12-11-. The Hall–Kier alpha value is -3.67. The van der Waals surface area contributed by atoms with Crippen molar-refractivity contribution in [2.24, 2.45) is 0 Å². The number of benzene rings is 2. The Bertz CT molecular complexity index is 1170. The fraction of sp³-hybridized carbons (Fsp3) is 0.296. The average Bonchev–Trinajstić information content (AvgIpc) is 3.22. The molecule has 0 aliphatic carbocycles. The van der Waals surface area contributed by atoms with Crippen LogP contribution < -0.4 is 0 Å². The van der Waals surface area contributed by atoms with Crippen molar-refractivity contribution in [2.75, 3.05) is 26.2 Å². The van der Waals surface area contributed by atoms with Gasteiger partial charge in [0.15, 0.2) is 0 Å². The van der Waals surface area contributed by atoms with Crippen molar-refractivity contribution in [1.82, 2.24) is 19.6 Å². The molecule has 1 aromatic heterocycles. The normalized spacial score (nSPS) is 14.2. The fourth-order valence-electron chi connectivity index (χ4n) is 4.03. The smallest absolute Gasteiger partial charge is 0.246 e. The molecule has 4 rings (SSSR count). The van der Waals surface area contributed by atoms with Gasteiger partial charge in [-0.05, 0) is 42.7 Å². The second-order valence-corrected chi connectivity index (χ2v) is 8.58. The highest BCUT2D eigenvalue weighted by atomic mass is 16.2. The van der Waals surface area contributed by atoms with Crippen molar-refractivity contribution in [2.45, 2.75) is 27.3 Å². The lowest BCUT2D eigenvalue weighted by molar-refractivity contribution is -0.135. The van der Waals surface area contributed by atoms with E-state index in [1.807, 2.05) is 35.2 Å². The first kappa shape index (κ1) is 22.5. The SMILES string of the molecule is CC(=O)N1CCN(C(=O)/C=C\c2cn(Cc3ccccc3)nc2-c2ccc(C)c(C)c2)CC1. The summed E-state index contributed by atoms with van der Waals surface area (Å²) in [6.07, 6.45) is 5.48. The van der Waals surface area contributed by atoms with Gasteiger partial charge in [0.25, 0.3) is 0 Å². The van der Waals surface area contributed by atoms with Crippen molar-refractivity contribution in [3.8, 4) is 11.3 Å². The topological polar surface area (TPSA) is 58.4 Å². The highest BCUT2D eigenvalue weighted by Gasteiger charge is 2.21. The van der Waals surface area contributed by atoms with Gasteiger partial charge in [-0.15, -0.1) is 0 Å². The van der Waals surface area contributed by atoms with Gasteiger partial charge in [-0.3, -0.25) is 14.3 Å². The van der Waals surface area contributed by atoms with Gasteiger partial charge in [0.05, 0.1) is 12.2 Å². The van der Waals surface area contributed by atoms with Gasteiger partial charge >= 0.3 is 0 Å². The van der Waals surface area contributed by atoms with Gasteiger partial charge in [0, 0.05) is 56.5 Å². The van der Waals surface area contributed by atoms with Crippen molar-refractivity contribution in [3.63, 3.8) is 0 Å². The largest absolute Gasteiger partial charge is 0.339 e. The maximum Gasteiger partial charge on any atom is 0.246 e. The summed E-state index contributed by atoms with van der Waals surface area (Å²) in [4.78, 5) is 27.9. The summed E-state index contributed by atoms with van der Waals surface area (Å²) in [7, 11) is 0. The summed E-state index contributed by atoms with van der Waals surface area (Å²) in [6.45, 7) is 8.69. The third-order valence-electron chi connectivity index (χ3n) is 6.20. The molecule has 2 amide bonds. The number of hydrogen-bond acceptors (Lipinski definition) is 3. The number of amides is 2. The molecule has 0 spiro atoms. The second-order valence-electron chi connectivity index (χ2n) is 8.58. The molecule has 0 bridgehead atoms. The monoisotopic (exact) mass is 442 g/mol. The lowest BCUT2D eigenvalue weighted by Gasteiger charge is -2.33. The van der Waals surface area contributed by atoms with Crippen LogP contribution in [0.5, 0.6) is 0 Å². The van der Waals surface area contributed by atoms with Crippen LogP contribution in [0.15, 0.2) is 60.8 Å². The Morgan fingerprint density at radius 1 is 0.939 bits per heavy atom. The minimum Gasteiger partial charge on any atom is -0.339 e. The molecular formula is C27H30N4O2. The van der Waals surface area contributed by atoms with Crippen molar-refractivity contribution >= 4 is 17.9 Å². The first-order chi connectivity index (χ1) is 15.9.